The number of halogens is 3. The molecule has 0 amide bonds. The zero-order chi connectivity index (χ0) is 19.6. The first-order valence-corrected chi connectivity index (χ1v) is 8.17. The highest BCUT2D eigenvalue weighted by Gasteiger charge is 2.32. The van der Waals surface area contributed by atoms with Gasteiger partial charge in [-0.15, -0.1) is 0 Å². The van der Waals surface area contributed by atoms with E-state index in [0.717, 1.165) is 17.7 Å². The van der Waals surface area contributed by atoms with E-state index >= 15 is 0 Å². The summed E-state index contributed by atoms with van der Waals surface area (Å²) in [7, 11) is 3.30. The molecule has 2 heterocycles. The topological polar surface area (TPSA) is 67.9 Å². The van der Waals surface area contributed by atoms with Crippen LogP contribution in [0.5, 0.6) is 0 Å². The van der Waals surface area contributed by atoms with Crippen LogP contribution < -0.4 is 10.6 Å². The standard InChI is InChI=1S/C19H18F3N5/c1-27(2)18-10-14(19(20,21)22)9-16(26-18)13-5-3-4-12(8-13)15-6-7-24-17(11-23)25-15/h3-10H,11,23H2,1-2H3. The zero-order valence-corrected chi connectivity index (χ0v) is 14.8. The maximum absolute atomic E-state index is 13.3. The van der Waals surface area contributed by atoms with Gasteiger partial charge in [-0.25, -0.2) is 15.0 Å². The maximum atomic E-state index is 13.3. The quantitative estimate of drug-likeness (QED) is 0.754. The molecule has 5 nitrogen and oxygen atoms in total. The molecule has 0 aliphatic rings. The lowest BCUT2D eigenvalue weighted by Gasteiger charge is -2.16. The van der Waals surface area contributed by atoms with Crippen molar-refractivity contribution >= 4 is 5.82 Å². The highest BCUT2D eigenvalue weighted by Crippen LogP contribution is 2.34. The number of alkyl halides is 3. The summed E-state index contributed by atoms with van der Waals surface area (Å²) >= 11 is 0. The number of hydrogen-bond acceptors (Lipinski definition) is 5. The van der Waals surface area contributed by atoms with Crippen LogP contribution in [0.4, 0.5) is 19.0 Å². The van der Waals surface area contributed by atoms with E-state index < -0.39 is 11.7 Å². The van der Waals surface area contributed by atoms with Crippen molar-refractivity contribution in [2.24, 2.45) is 5.73 Å². The van der Waals surface area contributed by atoms with Crippen molar-refractivity contribution in [1.82, 2.24) is 15.0 Å². The summed E-state index contributed by atoms with van der Waals surface area (Å²) in [4.78, 5) is 14.3. The number of rotatable bonds is 4. The van der Waals surface area contributed by atoms with Gasteiger partial charge in [-0.2, -0.15) is 13.2 Å². The molecule has 140 valence electrons. The SMILES string of the molecule is CN(C)c1cc(C(F)(F)F)cc(-c2cccc(-c3ccnc(CN)n3)c2)n1. The Morgan fingerprint density at radius 1 is 0.963 bits per heavy atom. The summed E-state index contributed by atoms with van der Waals surface area (Å²) in [6, 6.07) is 10.9. The summed E-state index contributed by atoms with van der Waals surface area (Å²) in [6.07, 6.45) is -2.85. The Balaban J connectivity index is 2.10. The number of pyridine rings is 1. The van der Waals surface area contributed by atoms with Gasteiger partial charge in [0.25, 0.3) is 0 Å². The van der Waals surface area contributed by atoms with Crippen LogP contribution in [0.1, 0.15) is 11.4 Å². The molecule has 8 heteroatoms. The number of nitrogens with two attached hydrogens (primary N) is 1. The van der Waals surface area contributed by atoms with Crippen molar-refractivity contribution in [2.75, 3.05) is 19.0 Å². The third-order valence-corrected chi connectivity index (χ3v) is 3.94. The van der Waals surface area contributed by atoms with Crippen LogP contribution in [-0.4, -0.2) is 29.0 Å². The zero-order valence-electron chi connectivity index (χ0n) is 14.8. The van der Waals surface area contributed by atoms with E-state index in [2.05, 4.69) is 15.0 Å². The van der Waals surface area contributed by atoms with Gasteiger partial charge in [0, 0.05) is 31.4 Å². The average molecular weight is 373 g/mol. The fraction of sp³-hybridized carbons (Fsp3) is 0.211. The van der Waals surface area contributed by atoms with Crippen molar-refractivity contribution in [2.45, 2.75) is 12.7 Å². The van der Waals surface area contributed by atoms with Crippen LogP contribution in [0.15, 0.2) is 48.7 Å². The Morgan fingerprint density at radius 2 is 1.67 bits per heavy atom. The van der Waals surface area contributed by atoms with Crippen LogP contribution in [-0.2, 0) is 12.7 Å². The molecule has 0 atom stereocenters. The molecular weight excluding hydrogens is 355 g/mol. The molecule has 0 unspecified atom stereocenters. The number of aromatic nitrogens is 3. The van der Waals surface area contributed by atoms with Gasteiger partial charge in [0.05, 0.1) is 23.5 Å². The first-order valence-electron chi connectivity index (χ1n) is 8.17. The van der Waals surface area contributed by atoms with Crippen LogP contribution in [0.25, 0.3) is 22.5 Å². The Morgan fingerprint density at radius 3 is 2.30 bits per heavy atom. The van der Waals surface area contributed by atoms with Gasteiger partial charge in [-0.05, 0) is 24.3 Å². The van der Waals surface area contributed by atoms with Crippen molar-refractivity contribution in [3.05, 3.63) is 60.0 Å². The predicted octanol–water partition coefficient (Wildman–Crippen LogP) is 3.75. The van der Waals surface area contributed by atoms with Crippen molar-refractivity contribution in [3.8, 4) is 22.5 Å². The van der Waals surface area contributed by atoms with E-state index in [1.807, 2.05) is 6.07 Å². The van der Waals surface area contributed by atoms with Crippen molar-refractivity contribution in [3.63, 3.8) is 0 Å². The molecule has 3 rings (SSSR count). The number of anilines is 1. The molecule has 0 aliphatic carbocycles. The summed E-state index contributed by atoms with van der Waals surface area (Å²) in [5.74, 6) is 0.725. The monoisotopic (exact) mass is 373 g/mol. The van der Waals surface area contributed by atoms with Gasteiger partial charge in [0.1, 0.15) is 11.6 Å². The fourth-order valence-electron chi connectivity index (χ4n) is 2.55. The van der Waals surface area contributed by atoms with E-state index in [-0.39, 0.29) is 18.1 Å². The molecule has 0 aliphatic heterocycles. The van der Waals surface area contributed by atoms with Crippen LogP contribution >= 0.6 is 0 Å². The molecule has 1 aromatic carbocycles. The normalized spacial score (nSPS) is 11.5. The minimum Gasteiger partial charge on any atom is -0.363 e. The van der Waals surface area contributed by atoms with Gasteiger partial charge >= 0.3 is 6.18 Å². The minimum atomic E-state index is -4.46. The molecule has 27 heavy (non-hydrogen) atoms. The Bertz CT molecular complexity index is 954. The first kappa shape index (κ1) is 18.8. The maximum Gasteiger partial charge on any atom is 0.416 e. The van der Waals surface area contributed by atoms with E-state index in [1.54, 1.807) is 49.5 Å². The third-order valence-electron chi connectivity index (χ3n) is 3.94. The van der Waals surface area contributed by atoms with E-state index in [4.69, 9.17) is 5.73 Å². The Hall–Kier alpha value is -3.00. The molecule has 0 spiro atoms. The van der Waals surface area contributed by atoms with Crippen LogP contribution in [0, 0.1) is 0 Å². The molecule has 0 saturated carbocycles. The highest BCUT2D eigenvalue weighted by atomic mass is 19.4. The van der Waals surface area contributed by atoms with E-state index in [9.17, 15) is 13.2 Å². The largest absolute Gasteiger partial charge is 0.416 e. The van der Waals surface area contributed by atoms with Crippen molar-refractivity contribution < 1.29 is 13.2 Å². The lowest BCUT2D eigenvalue weighted by molar-refractivity contribution is -0.137. The minimum absolute atomic E-state index is 0.203. The van der Waals surface area contributed by atoms with Crippen LogP contribution in [0.2, 0.25) is 0 Å². The second-order valence-corrected chi connectivity index (χ2v) is 6.13. The summed E-state index contributed by atoms with van der Waals surface area (Å²) in [5, 5.41) is 0. The number of nitrogens with zero attached hydrogens (tertiary/aromatic N) is 4. The van der Waals surface area contributed by atoms with E-state index in [0.29, 0.717) is 17.1 Å². The molecular formula is C19H18F3N5. The van der Waals surface area contributed by atoms with Gasteiger partial charge in [-0.3, -0.25) is 0 Å². The Labute approximate surface area is 154 Å². The summed E-state index contributed by atoms with van der Waals surface area (Å²) < 4.78 is 39.8. The first-order chi connectivity index (χ1) is 12.8. The lowest BCUT2D eigenvalue weighted by Crippen LogP contribution is -2.14. The predicted molar refractivity (Wildman–Crippen MR) is 97.9 cm³/mol. The van der Waals surface area contributed by atoms with Gasteiger partial charge in [0.15, 0.2) is 0 Å². The van der Waals surface area contributed by atoms with E-state index in [1.165, 1.54) is 0 Å². The van der Waals surface area contributed by atoms with Gasteiger partial charge < -0.3 is 10.6 Å². The molecule has 2 aromatic heterocycles. The summed E-state index contributed by atoms with van der Waals surface area (Å²) in [6.45, 7) is 0.203. The fourth-order valence-corrected chi connectivity index (χ4v) is 2.55. The molecule has 0 radical (unpaired) electrons. The molecule has 0 bridgehead atoms. The third kappa shape index (κ3) is 4.22. The number of benzene rings is 1. The molecule has 0 fully saturated rings. The summed E-state index contributed by atoms with van der Waals surface area (Å²) in [5.41, 5.74) is 7.03. The average Bonchev–Trinajstić information content (AvgIpc) is 2.67. The lowest BCUT2D eigenvalue weighted by atomic mass is 10.0. The number of hydrogen-bond donors (Lipinski definition) is 1. The highest BCUT2D eigenvalue weighted by molar-refractivity contribution is 5.70. The molecule has 3 aromatic rings. The Kier molecular flexibility index (Phi) is 5.09. The molecule has 2 N–H and O–H groups in total. The molecule has 0 saturated heterocycles. The van der Waals surface area contributed by atoms with Gasteiger partial charge in [-0.1, -0.05) is 18.2 Å². The van der Waals surface area contributed by atoms with Crippen molar-refractivity contribution in [1.29, 1.82) is 0 Å². The van der Waals surface area contributed by atoms with Gasteiger partial charge in [0.2, 0.25) is 0 Å². The second kappa shape index (κ2) is 7.32. The van der Waals surface area contributed by atoms with Crippen LogP contribution in [0.3, 0.4) is 0 Å². The second-order valence-electron chi connectivity index (χ2n) is 6.13. The smallest absolute Gasteiger partial charge is 0.363 e.